The molecule has 0 amide bonds. The van der Waals surface area contributed by atoms with E-state index in [4.69, 9.17) is 16.3 Å². The SMILES string of the molecule is CC(C)(C)S(=O)(=O)N1C[C@H](N2CCOc3cc(Cl)cc(-c4ccnc5cc(CO)sc45)c32)CC12CCC2. The number of hydrogen-bond donors (Lipinski definition) is 1. The second-order valence-corrected chi connectivity index (χ2v) is 15.6. The van der Waals surface area contributed by atoms with Crippen molar-refractivity contribution in [3.63, 3.8) is 0 Å². The number of hydrogen-bond acceptors (Lipinski definition) is 7. The van der Waals surface area contributed by atoms with Gasteiger partial charge in [-0.15, -0.1) is 11.3 Å². The Morgan fingerprint density at radius 1 is 1.24 bits per heavy atom. The van der Waals surface area contributed by atoms with Crippen molar-refractivity contribution in [3.05, 3.63) is 40.4 Å². The molecule has 4 heterocycles. The molecule has 7 nitrogen and oxygen atoms in total. The number of aliphatic hydroxyl groups excluding tert-OH is 1. The molecule has 2 aliphatic heterocycles. The van der Waals surface area contributed by atoms with Crippen molar-refractivity contribution in [1.29, 1.82) is 0 Å². The molecule has 0 radical (unpaired) electrons. The van der Waals surface area contributed by atoms with E-state index in [1.165, 1.54) is 11.3 Å². The molecule has 1 atom stereocenters. The topological polar surface area (TPSA) is 83.0 Å². The monoisotopic (exact) mass is 561 g/mol. The van der Waals surface area contributed by atoms with Gasteiger partial charge in [0, 0.05) is 51.4 Å². The van der Waals surface area contributed by atoms with Crippen LogP contribution in [0.5, 0.6) is 5.75 Å². The summed E-state index contributed by atoms with van der Waals surface area (Å²) in [5.41, 5.74) is 3.42. The molecule has 37 heavy (non-hydrogen) atoms. The molecule has 6 rings (SSSR count). The van der Waals surface area contributed by atoms with Crippen LogP contribution in [0.15, 0.2) is 30.5 Å². The van der Waals surface area contributed by atoms with Crippen molar-refractivity contribution in [1.82, 2.24) is 9.29 Å². The molecular formula is C27H32ClN3O4S2. The Morgan fingerprint density at radius 3 is 2.70 bits per heavy atom. The third kappa shape index (κ3) is 3.97. The molecule has 1 N–H and O–H groups in total. The smallest absolute Gasteiger partial charge is 0.219 e. The van der Waals surface area contributed by atoms with Gasteiger partial charge in [0.25, 0.3) is 0 Å². The van der Waals surface area contributed by atoms with Crippen LogP contribution in [0.2, 0.25) is 5.02 Å². The van der Waals surface area contributed by atoms with Crippen LogP contribution in [0, 0.1) is 0 Å². The summed E-state index contributed by atoms with van der Waals surface area (Å²) in [7, 11) is -3.47. The van der Waals surface area contributed by atoms with Crippen LogP contribution in [-0.4, -0.2) is 58.8 Å². The number of aromatic nitrogens is 1. The fourth-order valence-corrected chi connectivity index (χ4v) is 9.12. The average Bonchev–Trinajstić information content (AvgIpc) is 3.44. The standard InChI is InChI=1S/C27H32ClN3O4S2/c1-26(2,3)37(33,34)31-15-18(14-27(31)6-4-7-27)30-9-10-35-23-12-17(28)11-21(24(23)30)20-5-8-29-22-13-19(16-32)36-25(20)22/h5,8,11-13,18,32H,4,6-7,9-10,14-16H2,1-3H3/t18-/m1/s1. The average molecular weight is 562 g/mol. The van der Waals surface area contributed by atoms with Crippen molar-refractivity contribution in [2.75, 3.05) is 24.6 Å². The summed E-state index contributed by atoms with van der Waals surface area (Å²) in [6.45, 7) is 7.01. The lowest BCUT2D eigenvalue weighted by Crippen LogP contribution is -2.56. The molecule has 2 aromatic heterocycles. The van der Waals surface area contributed by atoms with E-state index in [0.717, 1.165) is 63.3 Å². The summed E-state index contributed by atoms with van der Waals surface area (Å²) in [6, 6.07) is 7.76. The second-order valence-electron chi connectivity index (χ2n) is 11.4. The Kier molecular flexibility index (Phi) is 6.04. The molecular weight excluding hydrogens is 530 g/mol. The van der Waals surface area contributed by atoms with E-state index in [1.807, 2.05) is 28.6 Å². The van der Waals surface area contributed by atoms with Gasteiger partial charge in [0.15, 0.2) is 0 Å². The van der Waals surface area contributed by atoms with Gasteiger partial charge < -0.3 is 14.7 Å². The van der Waals surface area contributed by atoms with Gasteiger partial charge in [-0.05, 0) is 64.7 Å². The highest BCUT2D eigenvalue weighted by molar-refractivity contribution is 7.90. The fourth-order valence-electron chi connectivity index (χ4n) is 6.12. The molecule has 198 valence electrons. The number of thiophene rings is 1. The zero-order valence-corrected chi connectivity index (χ0v) is 23.7. The Balaban J connectivity index is 1.47. The summed E-state index contributed by atoms with van der Waals surface area (Å²) in [4.78, 5) is 7.72. The number of anilines is 1. The first-order valence-corrected chi connectivity index (χ1v) is 15.4. The van der Waals surface area contributed by atoms with E-state index in [0.29, 0.717) is 24.7 Å². The van der Waals surface area contributed by atoms with Gasteiger partial charge in [-0.3, -0.25) is 4.98 Å². The first-order valence-electron chi connectivity index (χ1n) is 12.8. The molecule has 3 aromatic rings. The molecule has 0 bridgehead atoms. The van der Waals surface area contributed by atoms with Gasteiger partial charge in [-0.25, -0.2) is 8.42 Å². The maximum Gasteiger partial charge on any atom is 0.219 e. The number of nitrogens with zero attached hydrogens (tertiary/aromatic N) is 3. The van der Waals surface area contributed by atoms with Crippen molar-refractivity contribution in [2.45, 2.75) is 69.4 Å². The van der Waals surface area contributed by atoms with Crippen LogP contribution in [0.3, 0.4) is 0 Å². The van der Waals surface area contributed by atoms with E-state index in [9.17, 15) is 13.5 Å². The quantitative estimate of drug-likeness (QED) is 0.457. The summed E-state index contributed by atoms with van der Waals surface area (Å²) < 4.78 is 35.5. The van der Waals surface area contributed by atoms with Crippen LogP contribution in [-0.2, 0) is 16.6 Å². The minimum absolute atomic E-state index is 0.0358. The Labute approximate surface area is 227 Å². The largest absolute Gasteiger partial charge is 0.489 e. The zero-order chi connectivity index (χ0) is 26.2. The highest BCUT2D eigenvalue weighted by Gasteiger charge is 2.57. The van der Waals surface area contributed by atoms with Gasteiger partial charge in [-0.1, -0.05) is 11.6 Å². The minimum atomic E-state index is -3.47. The van der Waals surface area contributed by atoms with Crippen LogP contribution in [0.25, 0.3) is 21.3 Å². The summed E-state index contributed by atoms with van der Waals surface area (Å²) in [5, 5.41) is 10.3. The van der Waals surface area contributed by atoms with Crippen LogP contribution < -0.4 is 9.64 Å². The van der Waals surface area contributed by atoms with Crippen molar-refractivity contribution >= 4 is 48.9 Å². The second kappa shape index (κ2) is 8.81. The summed E-state index contributed by atoms with van der Waals surface area (Å²) in [6.07, 6.45) is 5.47. The van der Waals surface area contributed by atoms with Crippen molar-refractivity contribution in [3.8, 4) is 16.9 Å². The Hall–Kier alpha value is -1.91. The molecule has 1 aliphatic carbocycles. The molecule has 0 unspecified atom stereocenters. The first kappa shape index (κ1) is 25.4. The Morgan fingerprint density at radius 2 is 2.03 bits per heavy atom. The normalized spacial score (nSPS) is 21.8. The van der Waals surface area contributed by atoms with Crippen molar-refractivity contribution in [2.24, 2.45) is 0 Å². The predicted octanol–water partition coefficient (Wildman–Crippen LogP) is 5.43. The third-order valence-electron chi connectivity index (χ3n) is 8.14. The van der Waals surface area contributed by atoms with E-state index in [1.54, 1.807) is 27.0 Å². The number of fused-ring (bicyclic) bond motifs is 2. The maximum atomic E-state index is 13.7. The van der Waals surface area contributed by atoms with Crippen LogP contribution in [0.4, 0.5) is 5.69 Å². The zero-order valence-electron chi connectivity index (χ0n) is 21.3. The molecule has 2 fully saturated rings. The number of ether oxygens (including phenoxy) is 1. The van der Waals surface area contributed by atoms with Crippen molar-refractivity contribution < 1.29 is 18.3 Å². The minimum Gasteiger partial charge on any atom is -0.489 e. The first-order chi connectivity index (χ1) is 17.5. The highest BCUT2D eigenvalue weighted by atomic mass is 35.5. The molecule has 1 saturated heterocycles. The van der Waals surface area contributed by atoms with Gasteiger partial charge in [0.2, 0.25) is 10.0 Å². The summed E-state index contributed by atoms with van der Waals surface area (Å²) >= 11 is 8.12. The maximum absolute atomic E-state index is 13.7. The lowest BCUT2D eigenvalue weighted by atomic mass is 9.75. The Bertz CT molecular complexity index is 1480. The van der Waals surface area contributed by atoms with E-state index in [2.05, 4.69) is 9.88 Å². The number of rotatable bonds is 4. The molecule has 1 spiro atoms. The third-order valence-corrected chi connectivity index (χ3v) is 12.2. The van der Waals surface area contributed by atoms with Crippen LogP contribution >= 0.6 is 22.9 Å². The number of benzene rings is 1. The summed E-state index contributed by atoms with van der Waals surface area (Å²) in [5.74, 6) is 0.720. The number of aliphatic hydroxyl groups is 1. The lowest BCUT2D eigenvalue weighted by molar-refractivity contribution is 0.125. The molecule has 10 heteroatoms. The van der Waals surface area contributed by atoms with Crippen LogP contribution in [0.1, 0.15) is 51.3 Å². The van der Waals surface area contributed by atoms with Gasteiger partial charge >= 0.3 is 0 Å². The molecule has 1 aromatic carbocycles. The molecule has 3 aliphatic rings. The van der Waals surface area contributed by atoms with Gasteiger partial charge in [0.1, 0.15) is 12.4 Å². The van der Waals surface area contributed by atoms with E-state index < -0.39 is 14.8 Å². The van der Waals surface area contributed by atoms with E-state index >= 15 is 0 Å². The number of halogens is 1. The van der Waals surface area contributed by atoms with Gasteiger partial charge in [-0.2, -0.15) is 4.31 Å². The number of pyridine rings is 1. The van der Waals surface area contributed by atoms with Gasteiger partial charge in [0.05, 0.1) is 33.8 Å². The predicted molar refractivity (Wildman–Crippen MR) is 149 cm³/mol. The number of sulfonamides is 1. The highest BCUT2D eigenvalue weighted by Crippen LogP contribution is 2.53. The van der Waals surface area contributed by atoms with E-state index in [-0.39, 0.29) is 18.2 Å². The lowest BCUT2D eigenvalue weighted by Gasteiger charge is -2.46. The fraction of sp³-hybridized carbons (Fsp3) is 0.519. The molecule has 1 saturated carbocycles.